The van der Waals surface area contributed by atoms with E-state index in [1.807, 2.05) is 18.2 Å². The molecule has 1 N–H and O–H groups in total. The Morgan fingerprint density at radius 1 is 1.25 bits per heavy atom. The van der Waals surface area contributed by atoms with Crippen molar-refractivity contribution in [2.75, 3.05) is 13.2 Å². The zero-order valence-electron chi connectivity index (χ0n) is 9.23. The third-order valence-electron chi connectivity index (χ3n) is 1.95. The van der Waals surface area contributed by atoms with E-state index in [0.717, 1.165) is 0 Å². The predicted octanol–water partition coefficient (Wildman–Crippen LogP) is 1.37. The van der Waals surface area contributed by atoms with Gasteiger partial charge < -0.3 is 10.1 Å². The van der Waals surface area contributed by atoms with E-state index in [1.165, 1.54) is 6.92 Å². The number of amides is 1. The van der Waals surface area contributed by atoms with E-state index < -0.39 is 0 Å². The van der Waals surface area contributed by atoms with Gasteiger partial charge in [-0.05, 0) is 18.6 Å². The van der Waals surface area contributed by atoms with Crippen LogP contribution in [0.2, 0.25) is 0 Å². The molecule has 0 aliphatic rings. The SMILES string of the molecule is CC(=O)OCCCNC(=O)c1ccccc1. The Hall–Kier alpha value is -1.84. The molecule has 0 radical (unpaired) electrons. The first-order valence-electron chi connectivity index (χ1n) is 5.17. The highest BCUT2D eigenvalue weighted by Crippen LogP contribution is 1.97. The van der Waals surface area contributed by atoms with Crippen molar-refractivity contribution in [1.82, 2.24) is 5.32 Å². The van der Waals surface area contributed by atoms with E-state index in [1.54, 1.807) is 12.1 Å². The molecule has 16 heavy (non-hydrogen) atoms. The van der Waals surface area contributed by atoms with Crippen LogP contribution in [0.5, 0.6) is 0 Å². The van der Waals surface area contributed by atoms with Gasteiger partial charge in [0.05, 0.1) is 6.61 Å². The first-order valence-corrected chi connectivity index (χ1v) is 5.17. The summed E-state index contributed by atoms with van der Waals surface area (Å²) >= 11 is 0. The van der Waals surface area contributed by atoms with Crippen LogP contribution in [0.15, 0.2) is 30.3 Å². The zero-order chi connectivity index (χ0) is 11.8. The van der Waals surface area contributed by atoms with Gasteiger partial charge in [-0.3, -0.25) is 9.59 Å². The van der Waals surface area contributed by atoms with Crippen LogP contribution in [0.1, 0.15) is 23.7 Å². The summed E-state index contributed by atoms with van der Waals surface area (Å²) in [6.07, 6.45) is 0.623. The lowest BCUT2D eigenvalue weighted by atomic mass is 10.2. The molecule has 4 nitrogen and oxygen atoms in total. The van der Waals surface area contributed by atoms with E-state index in [-0.39, 0.29) is 11.9 Å². The first-order chi connectivity index (χ1) is 7.70. The number of nitrogens with one attached hydrogen (secondary N) is 1. The molecule has 0 fully saturated rings. The van der Waals surface area contributed by atoms with Crippen molar-refractivity contribution < 1.29 is 14.3 Å². The van der Waals surface area contributed by atoms with Crippen LogP contribution in [0.25, 0.3) is 0 Å². The fraction of sp³-hybridized carbons (Fsp3) is 0.333. The number of benzene rings is 1. The highest BCUT2D eigenvalue weighted by atomic mass is 16.5. The molecule has 1 rings (SSSR count). The van der Waals surface area contributed by atoms with Crippen LogP contribution in [-0.4, -0.2) is 25.0 Å². The van der Waals surface area contributed by atoms with Gasteiger partial charge in [0, 0.05) is 19.0 Å². The third kappa shape index (κ3) is 4.59. The normalized spacial score (nSPS) is 9.56. The van der Waals surface area contributed by atoms with Gasteiger partial charge in [-0.25, -0.2) is 0 Å². The molecule has 0 atom stereocenters. The lowest BCUT2D eigenvalue weighted by Crippen LogP contribution is -2.25. The highest BCUT2D eigenvalue weighted by molar-refractivity contribution is 5.94. The molecule has 0 saturated carbocycles. The van der Waals surface area contributed by atoms with Crippen LogP contribution in [-0.2, 0) is 9.53 Å². The highest BCUT2D eigenvalue weighted by Gasteiger charge is 2.02. The minimum atomic E-state index is -0.297. The molecule has 1 aromatic carbocycles. The summed E-state index contributed by atoms with van der Waals surface area (Å²) in [6.45, 7) is 2.20. The van der Waals surface area contributed by atoms with Crippen molar-refractivity contribution in [2.24, 2.45) is 0 Å². The number of hydrogen-bond donors (Lipinski definition) is 1. The maximum atomic E-state index is 11.5. The van der Waals surface area contributed by atoms with Gasteiger partial charge in [-0.2, -0.15) is 0 Å². The predicted molar refractivity (Wildman–Crippen MR) is 60.0 cm³/mol. The van der Waals surface area contributed by atoms with Crippen molar-refractivity contribution in [3.05, 3.63) is 35.9 Å². The molecule has 0 aromatic heterocycles. The largest absolute Gasteiger partial charge is 0.466 e. The average Bonchev–Trinajstić information content (AvgIpc) is 2.29. The monoisotopic (exact) mass is 221 g/mol. The Morgan fingerprint density at radius 3 is 2.56 bits per heavy atom. The summed E-state index contributed by atoms with van der Waals surface area (Å²) in [5, 5.41) is 2.74. The van der Waals surface area contributed by atoms with Gasteiger partial charge >= 0.3 is 5.97 Å². The summed E-state index contributed by atoms with van der Waals surface area (Å²) in [4.78, 5) is 22.0. The van der Waals surface area contributed by atoms with Gasteiger partial charge in [-0.15, -0.1) is 0 Å². The van der Waals surface area contributed by atoms with E-state index in [0.29, 0.717) is 25.1 Å². The summed E-state index contributed by atoms with van der Waals surface area (Å²) in [7, 11) is 0. The summed E-state index contributed by atoms with van der Waals surface area (Å²) in [5.41, 5.74) is 0.634. The first kappa shape index (κ1) is 12.2. The fourth-order valence-electron chi connectivity index (χ4n) is 1.18. The van der Waals surface area contributed by atoms with Crippen LogP contribution in [0.4, 0.5) is 0 Å². The second-order valence-electron chi connectivity index (χ2n) is 3.32. The van der Waals surface area contributed by atoms with Gasteiger partial charge in [0.1, 0.15) is 0 Å². The van der Waals surface area contributed by atoms with E-state index >= 15 is 0 Å². The number of carbonyl (C=O) groups excluding carboxylic acids is 2. The van der Waals surface area contributed by atoms with Gasteiger partial charge in [0.25, 0.3) is 5.91 Å². The Morgan fingerprint density at radius 2 is 1.94 bits per heavy atom. The van der Waals surface area contributed by atoms with Crippen LogP contribution < -0.4 is 5.32 Å². The summed E-state index contributed by atoms with van der Waals surface area (Å²) in [5.74, 6) is -0.405. The minimum Gasteiger partial charge on any atom is -0.466 e. The molecule has 0 heterocycles. The maximum absolute atomic E-state index is 11.5. The van der Waals surface area contributed by atoms with Gasteiger partial charge in [0.15, 0.2) is 0 Å². The third-order valence-corrected chi connectivity index (χ3v) is 1.95. The number of ether oxygens (including phenoxy) is 1. The fourth-order valence-corrected chi connectivity index (χ4v) is 1.18. The van der Waals surface area contributed by atoms with Crippen molar-refractivity contribution in [2.45, 2.75) is 13.3 Å². The number of esters is 1. The van der Waals surface area contributed by atoms with E-state index in [2.05, 4.69) is 5.32 Å². The van der Waals surface area contributed by atoms with E-state index in [9.17, 15) is 9.59 Å². The smallest absolute Gasteiger partial charge is 0.302 e. The standard InChI is InChI=1S/C12H15NO3/c1-10(14)16-9-5-8-13-12(15)11-6-3-2-4-7-11/h2-4,6-7H,5,8-9H2,1H3,(H,13,15). The van der Waals surface area contributed by atoms with Gasteiger partial charge in [-0.1, -0.05) is 18.2 Å². The van der Waals surface area contributed by atoms with Crippen molar-refractivity contribution in [3.63, 3.8) is 0 Å². The van der Waals surface area contributed by atoms with Gasteiger partial charge in [0.2, 0.25) is 0 Å². The van der Waals surface area contributed by atoms with Crippen molar-refractivity contribution in [3.8, 4) is 0 Å². The molecule has 0 bridgehead atoms. The van der Waals surface area contributed by atoms with Crippen molar-refractivity contribution >= 4 is 11.9 Å². The Kier molecular flexibility index (Phi) is 5.05. The average molecular weight is 221 g/mol. The Balaban J connectivity index is 2.19. The summed E-state index contributed by atoms with van der Waals surface area (Å²) < 4.78 is 4.74. The number of hydrogen-bond acceptors (Lipinski definition) is 3. The second-order valence-corrected chi connectivity index (χ2v) is 3.32. The molecule has 1 amide bonds. The van der Waals surface area contributed by atoms with Crippen LogP contribution >= 0.6 is 0 Å². The minimum absolute atomic E-state index is 0.108. The number of rotatable bonds is 5. The molecule has 0 saturated heterocycles. The number of carbonyl (C=O) groups is 2. The lowest BCUT2D eigenvalue weighted by molar-refractivity contribution is -0.140. The van der Waals surface area contributed by atoms with Crippen molar-refractivity contribution in [1.29, 1.82) is 0 Å². The molecule has 86 valence electrons. The zero-order valence-corrected chi connectivity index (χ0v) is 9.23. The lowest BCUT2D eigenvalue weighted by Gasteiger charge is -2.05. The molecule has 4 heteroatoms. The summed E-state index contributed by atoms with van der Waals surface area (Å²) in [6, 6.07) is 8.99. The molecule has 0 unspecified atom stereocenters. The molecule has 1 aromatic rings. The quantitative estimate of drug-likeness (QED) is 0.603. The second kappa shape index (κ2) is 6.61. The Bertz CT molecular complexity index is 349. The molecular weight excluding hydrogens is 206 g/mol. The van der Waals surface area contributed by atoms with E-state index in [4.69, 9.17) is 4.74 Å². The molecular formula is C12H15NO3. The van der Waals surface area contributed by atoms with Crippen LogP contribution in [0.3, 0.4) is 0 Å². The molecule has 0 aliphatic carbocycles. The maximum Gasteiger partial charge on any atom is 0.302 e. The van der Waals surface area contributed by atoms with Crippen LogP contribution in [0, 0.1) is 0 Å². The topological polar surface area (TPSA) is 55.4 Å². The molecule has 0 aliphatic heterocycles. The molecule has 0 spiro atoms. The Labute approximate surface area is 94.6 Å².